The van der Waals surface area contributed by atoms with Gasteiger partial charge < -0.3 is 14.4 Å². The Balaban J connectivity index is 1.47. The molecule has 0 fully saturated rings. The summed E-state index contributed by atoms with van der Waals surface area (Å²) in [6, 6.07) is 24.5. The number of hydrogen-bond acceptors (Lipinski definition) is 4. The van der Waals surface area contributed by atoms with Crippen LogP contribution in [0, 0.1) is 0 Å². The van der Waals surface area contributed by atoms with E-state index in [2.05, 4.69) is 0 Å². The highest BCUT2D eigenvalue weighted by Gasteiger charge is 2.50. The number of ketones is 1. The van der Waals surface area contributed by atoms with Gasteiger partial charge in [-0.3, -0.25) is 9.59 Å². The summed E-state index contributed by atoms with van der Waals surface area (Å²) in [4.78, 5) is 27.7. The third kappa shape index (κ3) is 3.43. The molecule has 1 aliphatic heterocycles. The van der Waals surface area contributed by atoms with Crippen molar-refractivity contribution in [2.45, 2.75) is 18.6 Å². The first-order valence-electron chi connectivity index (χ1n) is 10.4. The molecular weight excluding hydrogens is 402 g/mol. The number of anilines is 1. The van der Waals surface area contributed by atoms with Gasteiger partial charge in [-0.1, -0.05) is 60.7 Å². The molecular formula is C27H21NO4. The van der Waals surface area contributed by atoms with Crippen LogP contribution < -0.4 is 4.90 Å². The molecule has 1 unspecified atom stereocenters. The van der Waals surface area contributed by atoms with Gasteiger partial charge in [-0.2, -0.15) is 0 Å². The number of nitrogens with zero attached hydrogens (tertiary/aromatic N) is 1. The van der Waals surface area contributed by atoms with E-state index in [1.807, 2.05) is 48.5 Å². The van der Waals surface area contributed by atoms with Crippen LogP contribution in [0.2, 0.25) is 0 Å². The highest BCUT2D eigenvalue weighted by atomic mass is 16.3. The van der Waals surface area contributed by atoms with Crippen LogP contribution in [0.25, 0.3) is 16.8 Å². The first-order chi connectivity index (χ1) is 15.6. The predicted molar refractivity (Wildman–Crippen MR) is 123 cm³/mol. The van der Waals surface area contributed by atoms with Gasteiger partial charge in [-0.25, -0.2) is 0 Å². The molecule has 1 aliphatic rings. The average Bonchev–Trinajstić information content (AvgIpc) is 3.40. The maximum Gasteiger partial charge on any atom is 0.264 e. The lowest BCUT2D eigenvalue weighted by Crippen LogP contribution is -2.41. The smallest absolute Gasteiger partial charge is 0.264 e. The summed E-state index contributed by atoms with van der Waals surface area (Å²) in [6.07, 6.45) is 4.04. The van der Waals surface area contributed by atoms with Gasteiger partial charge in [0.2, 0.25) is 0 Å². The summed E-state index contributed by atoms with van der Waals surface area (Å²) in [5, 5.41) is 13.6. The number of amides is 1. The van der Waals surface area contributed by atoms with Gasteiger partial charge in [0.25, 0.3) is 5.91 Å². The fourth-order valence-electron chi connectivity index (χ4n) is 4.31. The Labute approximate surface area is 185 Å². The minimum Gasteiger partial charge on any atom is -0.465 e. The van der Waals surface area contributed by atoms with Crippen molar-refractivity contribution < 1.29 is 19.1 Å². The SMILES string of the molecule is O=C(C=Cc1ccco1)CC1(O)C(=O)N(Cc2cccc3ccccc23)c2ccccc21. The number of para-hydroxylation sites is 1. The van der Waals surface area contributed by atoms with Crippen molar-refractivity contribution in [3.05, 3.63) is 108 Å². The molecule has 1 aromatic heterocycles. The Bertz CT molecular complexity index is 1330. The van der Waals surface area contributed by atoms with Gasteiger partial charge in [0.1, 0.15) is 5.76 Å². The molecule has 5 rings (SSSR count). The molecule has 1 atom stereocenters. The van der Waals surface area contributed by atoms with Crippen LogP contribution in [-0.2, 0) is 21.7 Å². The number of carbonyl (C=O) groups excluding carboxylic acids is 2. The van der Waals surface area contributed by atoms with E-state index in [1.54, 1.807) is 35.2 Å². The minimum absolute atomic E-state index is 0.302. The summed E-state index contributed by atoms with van der Waals surface area (Å²) in [5.74, 6) is -0.327. The summed E-state index contributed by atoms with van der Waals surface area (Å²) in [7, 11) is 0. The van der Waals surface area contributed by atoms with E-state index in [0.717, 1.165) is 16.3 Å². The highest BCUT2D eigenvalue weighted by Crippen LogP contribution is 2.43. The average molecular weight is 423 g/mol. The Morgan fingerprint density at radius 1 is 0.969 bits per heavy atom. The summed E-state index contributed by atoms with van der Waals surface area (Å²) < 4.78 is 5.20. The maximum atomic E-state index is 13.5. The molecule has 2 heterocycles. The van der Waals surface area contributed by atoms with Crippen LogP contribution in [0.4, 0.5) is 5.69 Å². The standard InChI is InChI=1S/C27H21NO4/c29-21(14-15-22-10-6-16-32-22)17-27(31)24-12-3-4-13-25(24)28(26(27)30)18-20-9-5-8-19-7-1-2-11-23(19)20/h1-16,31H,17-18H2. The van der Waals surface area contributed by atoms with E-state index >= 15 is 0 Å². The largest absolute Gasteiger partial charge is 0.465 e. The van der Waals surface area contributed by atoms with Crippen molar-refractivity contribution in [2.24, 2.45) is 0 Å². The third-order valence-electron chi connectivity index (χ3n) is 5.85. The summed E-state index contributed by atoms with van der Waals surface area (Å²) in [6.45, 7) is 0.302. The lowest BCUT2D eigenvalue weighted by Gasteiger charge is -2.23. The lowest BCUT2D eigenvalue weighted by atomic mass is 9.90. The van der Waals surface area contributed by atoms with Gasteiger partial charge in [0, 0.05) is 5.56 Å². The topological polar surface area (TPSA) is 70.7 Å². The van der Waals surface area contributed by atoms with Crippen molar-refractivity contribution in [1.29, 1.82) is 0 Å². The van der Waals surface area contributed by atoms with Crippen LogP contribution in [0.15, 0.2) is 95.6 Å². The lowest BCUT2D eigenvalue weighted by molar-refractivity contribution is -0.140. The predicted octanol–water partition coefficient (Wildman–Crippen LogP) is 4.84. The second-order valence-electron chi connectivity index (χ2n) is 7.90. The molecule has 1 N–H and O–H groups in total. The van der Waals surface area contributed by atoms with Gasteiger partial charge in [-0.05, 0) is 46.7 Å². The zero-order chi connectivity index (χ0) is 22.1. The Morgan fingerprint density at radius 2 is 1.75 bits per heavy atom. The minimum atomic E-state index is -1.91. The zero-order valence-corrected chi connectivity index (χ0v) is 17.3. The number of carbonyl (C=O) groups is 2. The van der Waals surface area contributed by atoms with Crippen molar-refractivity contribution in [2.75, 3.05) is 4.90 Å². The van der Waals surface area contributed by atoms with Gasteiger partial charge >= 0.3 is 0 Å². The highest BCUT2D eigenvalue weighted by molar-refractivity contribution is 6.10. The van der Waals surface area contributed by atoms with E-state index in [4.69, 9.17) is 4.42 Å². The molecule has 0 saturated carbocycles. The number of fused-ring (bicyclic) bond motifs is 2. The number of hydrogen-bond donors (Lipinski definition) is 1. The number of aliphatic hydroxyl groups is 1. The van der Waals surface area contributed by atoms with Gasteiger partial charge in [-0.15, -0.1) is 0 Å². The fraction of sp³-hybridized carbons (Fsp3) is 0.111. The molecule has 0 saturated heterocycles. The van der Waals surface area contributed by atoms with Crippen LogP contribution in [0.5, 0.6) is 0 Å². The molecule has 32 heavy (non-hydrogen) atoms. The normalized spacial score (nSPS) is 17.9. The Morgan fingerprint density at radius 3 is 2.59 bits per heavy atom. The van der Waals surface area contributed by atoms with Gasteiger partial charge in [0.15, 0.2) is 11.4 Å². The molecule has 0 aliphatic carbocycles. The molecule has 5 heteroatoms. The maximum absolute atomic E-state index is 13.5. The van der Waals surface area contributed by atoms with E-state index < -0.39 is 11.5 Å². The molecule has 158 valence electrons. The molecule has 0 bridgehead atoms. The van der Waals surface area contributed by atoms with Crippen molar-refractivity contribution in [3.8, 4) is 0 Å². The number of allylic oxidation sites excluding steroid dienone is 1. The van der Waals surface area contributed by atoms with Crippen LogP contribution in [-0.4, -0.2) is 16.8 Å². The molecule has 4 aromatic rings. The molecule has 5 nitrogen and oxygen atoms in total. The van der Waals surface area contributed by atoms with Crippen LogP contribution in [0.3, 0.4) is 0 Å². The second-order valence-corrected chi connectivity index (χ2v) is 7.90. The van der Waals surface area contributed by atoms with Crippen LogP contribution >= 0.6 is 0 Å². The van der Waals surface area contributed by atoms with Crippen molar-refractivity contribution >= 4 is 34.2 Å². The first kappa shape index (κ1) is 20.0. The van der Waals surface area contributed by atoms with Crippen molar-refractivity contribution in [1.82, 2.24) is 0 Å². The number of benzene rings is 3. The van der Waals surface area contributed by atoms with Crippen molar-refractivity contribution in [3.63, 3.8) is 0 Å². The molecule has 0 radical (unpaired) electrons. The van der Waals surface area contributed by atoms with E-state index in [1.165, 1.54) is 18.4 Å². The summed E-state index contributed by atoms with van der Waals surface area (Å²) >= 11 is 0. The molecule has 1 amide bonds. The van der Waals surface area contributed by atoms with Gasteiger partial charge in [0.05, 0.1) is 24.9 Å². The Hall–Kier alpha value is -3.96. The van der Waals surface area contributed by atoms with E-state index in [-0.39, 0.29) is 12.2 Å². The summed E-state index contributed by atoms with van der Waals surface area (Å²) in [5.41, 5.74) is 0.131. The Kier molecular flexibility index (Phi) is 4.96. The van der Waals surface area contributed by atoms with Crippen LogP contribution in [0.1, 0.15) is 23.3 Å². The second kappa shape index (κ2) is 7.94. The monoisotopic (exact) mass is 423 g/mol. The van der Waals surface area contributed by atoms with E-state index in [0.29, 0.717) is 23.6 Å². The molecule has 0 spiro atoms. The quantitative estimate of drug-likeness (QED) is 0.451. The van der Waals surface area contributed by atoms with E-state index in [9.17, 15) is 14.7 Å². The molecule has 3 aromatic carbocycles. The number of rotatable bonds is 6. The fourth-order valence-corrected chi connectivity index (χ4v) is 4.31. The first-order valence-corrected chi connectivity index (χ1v) is 10.4. The zero-order valence-electron chi connectivity index (χ0n) is 17.3. The number of furan rings is 1. The third-order valence-corrected chi connectivity index (χ3v) is 5.85.